The van der Waals surface area contributed by atoms with Crippen LogP contribution < -0.4 is 10.6 Å². The fourth-order valence-corrected chi connectivity index (χ4v) is 3.30. The van der Waals surface area contributed by atoms with E-state index in [2.05, 4.69) is 20.2 Å². The molecule has 2 amide bonds. The highest BCUT2D eigenvalue weighted by Gasteiger charge is 2.44. The van der Waals surface area contributed by atoms with E-state index in [0.717, 1.165) is 37.3 Å². The smallest absolute Gasteiger partial charge is 0.407 e. The van der Waals surface area contributed by atoms with Crippen molar-refractivity contribution in [3.05, 3.63) is 17.7 Å². The van der Waals surface area contributed by atoms with E-state index in [9.17, 15) is 9.59 Å². The molecule has 1 aromatic rings. The van der Waals surface area contributed by atoms with Crippen molar-refractivity contribution in [2.24, 2.45) is 5.41 Å². The van der Waals surface area contributed by atoms with Crippen molar-refractivity contribution in [1.29, 1.82) is 0 Å². The van der Waals surface area contributed by atoms with Gasteiger partial charge < -0.3 is 24.7 Å². The molecular formula is C18H28N4O4. The van der Waals surface area contributed by atoms with Crippen LogP contribution in [-0.2, 0) is 34.0 Å². The first-order chi connectivity index (χ1) is 12.3. The number of alkyl carbamates (subject to hydrolysis) is 1. The van der Waals surface area contributed by atoms with Gasteiger partial charge >= 0.3 is 6.09 Å². The normalized spacial score (nSPS) is 18.4. The molecular weight excluding hydrogens is 336 g/mol. The van der Waals surface area contributed by atoms with Crippen molar-refractivity contribution < 1.29 is 19.1 Å². The summed E-state index contributed by atoms with van der Waals surface area (Å²) in [4.78, 5) is 29.0. The summed E-state index contributed by atoms with van der Waals surface area (Å²) in [5, 5.41) is 5.77. The summed E-state index contributed by atoms with van der Waals surface area (Å²) in [6.07, 6.45) is 3.83. The Morgan fingerprint density at radius 2 is 2.12 bits per heavy atom. The molecule has 0 unspecified atom stereocenters. The van der Waals surface area contributed by atoms with E-state index >= 15 is 0 Å². The van der Waals surface area contributed by atoms with Gasteiger partial charge in [-0.15, -0.1) is 0 Å². The lowest BCUT2D eigenvalue weighted by molar-refractivity contribution is -0.135. The lowest BCUT2D eigenvalue weighted by Crippen LogP contribution is -2.52. The van der Waals surface area contributed by atoms with E-state index < -0.39 is 17.1 Å². The second-order valence-electron chi connectivity index (χ2n) is 8.04. The molecule has 2 N–H and O–H groups in total. The summed E-state index contributed by atoms with van der Waals surface area (Å²) >= 11 is 0. The molecule has 8 nitrogen and oxygen atoms in total. The van der Waals surface area contributed by atoms with E-state index in [1.165, 1.54) is 0 Å². The fraction of sp³-hybridized carbons (Fsp3) is 0.722. The lowest BCUT2D eigenvalue weighted by Gasteiger charge is -2.40. The Labute approximate surface area is 153 Å². The fourth-order valence-electron chi connectivity index (χ4n) is 3.30. The molecule has 2 heterocycles. The van der Waals surface area contributed by atoms with Crippen molar-refractivity contribution in [3.8, 4) is 0 Å². The highest BCUT2D eigenvalue weighted by atomic mass is 16.6. The van der Waals surface area contributed by atoms with Crippen molar-refractivity contribution in [2.75, 3.05) is 13.2 Å². The van der Waals surface area contributed by atoms with Crippen LogP contribution in [-0.4, -0.2) is 40.3 Å². The molecule has 0 aromatic carbocycles. The number of carbonyl (C=O) groups is 2. The van der Waals surface area contributed by atoms with Gasteiger partial charge in [-0.3, -0.25) is 4.79 Å². The van der Waals surface area contributed by atoms with Crippen LogP contribution in [0.2, 0.25) is 0 Å². The Hall–Kier alpha value is -2.09. The largest absolute Gasteiger partial charge is 0.444 e. The molecule has 8 heteroatoms. The SMILES string of the molecule is CC(C)(C)OC(=O)NCC1(C(=O)NCc2cnc3n2CCOC3)CCC1. The monoisotopic (exact) mass is 364 g/mol. The molecule has 0 spiro atoms. The summed E-state index contributed by atoms with van der Waals surface area (Å²) in [5.41, 5.74) is -0.111. The first kappa shape index (κ1) is 18.7. The lowest BCUT2D eigenvalue weighted by atomic mass is 9.68. The second-order valence-corrected chi connectivity index (χ2v) is 8.04. The van der Waals surface area contributed by atoms with E-state index in [1.807, 2.05) is 20.8 Å². The predicted octanol–water partition coefficient (Wildman–Crippen LogP) is 1.72. The zero-order valence-electron chi connectivity index (χ0n) is 15.8. The number of aromatic nitrogens is 2. The van der Waals surface area contributed by atoms with Crippen LogP contribution in [0.4, 0.5) is 4.79 Å². The van der Waals surface area contributed by atoms with Gasteiger partial charge in [-0.25, -0.2) is 9.78 Å². The quantitative estimate of drug-likeness (QED) is 0.830. The topological polar surface area (TPSA) is 94.5 Å². The summed E-state index contributed by atoms with van der Waals surface area (Å²) in [5.74, 6) is 0.868. The van der Waals surface area contributed by atoms with Crippen molar-refractivity contribution in [1.82, 2.24) is 20.2 Å². The minimum absolute atomic E-state index is 0.0255. The summed E-state index contributed by atoms with van der Waals surface area (Å²) < 4.78 is 12.7. The zero-order valence-corrected chi connectivity index (χ0v) is 15.8. The molecule has 1 saturated carbocycles. The molecule has 26 heavy (non-hydrogen) atoms. The van der Waals surface area contributed by atoms with Gasteiger partial charge in [0.15, 0.2) is 0 Å². The van der Waals surface area contributed by atoms with E-state index in [1.54, 1.807) is 6.20 Å². The van der Waals surface area contributed by atoms with Crippen molar-refractivity contribution in [2.45, 2.75) is 65.3 Å². The van der Waals surface area contributed by atoms with Crippen molar-refractivity contribution >= 4 is 12.0 Å². The molecule has 1 aromatic heterocycles. The van der Waals surface area contributed by atoms with Crippen LogP contribution in [0.5, 0.6) is 0 Å². The Bertz CT molecular complexity index is 673. The number of rotatable bonds is 5. The molecule has 1 aliphatic carbocycles. The third kappa shape index (κ3) is 4.17. The molecule has 2 aliphatic rings. The summed E-state index contributed by atoms with van der Waals surface area (Å²) in [6.45, 7) is 8.10. The number of hydrogen-bond acceptors (Lipinski definition) is 5. The average molecular weight is 364 g/mol. The first-order valence-corrected chi connectivity index (χ1v) is 9.15. The van der Waals surface area contributed by atoms with E-state index in [0.29, 0.717) is 26.3 Å². The Kier molecular flexibility index (Phi) is 5.22. The second kappa shape index (κ2) is 7.26. The minimum Gasteiger partial charge on any atom is -0.444 e. The van der Waals surface area contributed by atoms with Gasteiger partial charge in [-0.2, -0.15) is 0 Å². The van der Waals surface area contributed by atoms with Crippen LogP contribution in [0.3, 0.4) is 0 Å². The number of imidazole rings is 1. The third-order valence-electron chi connectivity index (χ3n) is 4.90. The van der Waals surface area contributed by atoms with Gasteiger partial charge in [0.25, 0.3) is 0 Å². The van der Waals surface area contributed by atoms with E-state index in [-0.39, 0.29) is 5.91 Å². The van der Waals surface area contributed by atoms with Crippen LogP contribution in [0.25, 0.3) is 0 Å². The van der Waals surface area contributed by atoms with Gasteiger partial charge in [0.1, 0.15) is 18.0 Å². The van der Waals surface area contributed by atoms with Gasteiger partial charge in [0.05, 0.1) is 30.5 Å². The summed E-state index contributed by atoms with van der Waals surface area (Å²) in [7, 11) is 0. The molecule has 0 radical (unpaired) electrons. The number of carbonyl (C=O) groups excluding carboxylic acids is 2. The number of nitrogens with zero attached hydrogens (tertiary/aromatic N) is 2. The molecule has 0 saturated heterocycles. The minimum atomic E-state index is -0.552. The van der Waals surface area contributed by atoms with Crippen LogP contribution >= 0.6 is 0 Å². The molecule has 0 atom stereocenters. The maximum absolute atomic E-state index is 12.8. The third-order valence-corrected chi connectivity index (χ3v) is 4.90. The van der Waals surface area contributed by atoms with Crippen LogP contribution in [0, 0.1) is 5.41 Å². The Morgan fingerprint density at radius 3 is 2.77 bits per heavy atom. The highest BCUT2D eigenvalue weighted by molar-refractivity contribution is 5.84. The van der Waals surface area contributed by atoms with Crippen molar-refractivity contribution in [3.63, 3.8) is 0 Å². The molecule has 3 rings (SSSR count). The Morgan fingerprint density at radius 1 is 1.35 bits per heavy atom. The number of ether oxygens (including phenoxy) is 2. The number of hydrogen-bond donors (Lipinski definition) is 2. The van der Waals surface area contributed by atoms with Crippen LogP contribution in [0.1, 0.15) is 51.6 Å². The average Bonchev–Trinajstić information content (AvgIpc) is 2.93. The number of amides is 2. The zero-order chi connectivity index (χ0) is 18.8. The maximum Gasteiger partial charge on any atom is 0.407 e. The Balaban J connectivity index is 1.54. The number of nitrogens with one attached hydrogen (secondary N) is 2. The molecule has 144 valence electrons. The number of fused-ring (bicyclic) bond motifs is 1. The maximum atomic E-state index is 12.8. The highest BCUT2D eigenvalue weighted by Crippen LogP contribution is 2.40. The van der Waals surface area contributed by atoms with Gasteiger partial charge in [0.2, 0.25) is 5.91 Å². The molecule has 1 aliphatic heterocycles. The van der Waals surface area contributed by atoms with Gasteiger partial charge in [-0.1, -0.05) is 6.42 Å². The van der Waals surface area contributed by atoms with Crippen LogP contribution in [0.15, 0.2) is 6.20 Å². The molecule has 0 bridgehead atoms. The van der Waals surface area contributed by atoms with E-state index in [4.69, 9.17) is 9.47 Å². The first-order valence-electron chi connectivity index (χ1n) is 9.15. The summed E-state index contributed by atoms with van der Waals surface area (Å²) in [6, 6.07) is 0. The van der Waals surface area contributed by atoms with Gasteiger partial charge in [0, 0.05) is 13.1 Å². The molecule has 1 fully saturated rings. The van der Waals surface area contributed by atoms with Gasteiger partial charge in [-0.05, 0) is 33.6 Å². The standard InChI is InChI=1S/C18H28N4O4/c1-17(2,3)26-16(24)21-12-18(5-4-6-18)15(23)20-10-13-9-19-14-11-25-8-7-22(13)14/h9H,4-8,10-12H2,1-3H3,(H,20,23)(H,21,24). The predicted molar refractivity (Wildman–Crippen MR) is 94.3 cm³/mol.